The maximum Gasteiger partial charge on any atom is 0.194 e. The maximum atomic E-state index is 5.47. The van der Waals surface area contributed by atoms with E-state index in [1.165, 1.54) is 22.3 Å². The smallest absolute Gasteiger partial charge is 0.194 e. The van der Waals surface area contributed by atoms with Gasteiger partial charge in [0.05, 0.1) is 20.8 Å². The molecule has 0 fully saturated rings. The van der Waals surface area contributed by atoms with E-state index in [1.807, 2.05) is 14.0 Å². The van der Waals surface area contributed by atoms with Crippen molar-refractivity contribution >= 4 is 5.96 Å². The summed E-state index contributed by atoms with van der Waals surface area (Å²) in [5.74, 6) is 2.46. The van der Waals surface area contributed by atoms with E-state index < -0.39 is 0 Å². The number of guanidine groups is 1. The molecule has 0 saturated carbocycles. The highest BCUT2D eigenvalue weighted by Gasteiger charge is 2.21. The van der Waals surface area contributed by atoms with Gasteiger partial charge in [-0.05, 0) is 47.7 Å². The number of fused-ring (bicyclic) bond motifs is 1. The number of ether oxygens (including phenoxy) is 3. The van der Waals surface area contributed by atoms with Crippen molar-refractivity contribution < 1.29 is 14.2 Å². The molecule has 0 bridgehead atoms. The van der Waals surface area contributed by atoms with E-state index in [-0.39, 0.29) is 0 Å². The lowest BCUT2D eigenvalue weighted by atomic mass is 9.99. The van der Waals surface area contributed by atoms with Gasteiger partial charge in [0.2, 0.25) is 0 Å². The highest BCUT2D eigenvalue weighted by Crippen LogP contribution is 2.33. The van der Waals surface area contributed by atoms with Crippen molar-refractivity contribution in [3.8, 4) is 11.5 Å². The predicted molar refractivity (Wildman–Crippen MR) is 116 cm³/mol. The third kappa shape index (κ3) is 5.21. The average Bonchev–Trinajstić information content (AvgIpc) is 2.77. The number of hydrogen-bond acceptors (Lipinski definition) is 4. The SMILES string of the molecule is CCOCc1ccc(CNC(=NC)N2CCc3cc(OC)c(OC)cc3C2)cc1. The first kappa shape index (κ1) is 21.0. The van der Waals surface area contributed by atoms with Gasteiger partial charge in [-0.15, -0.1) is 0 Å². The van der Waals surface area contributed by atoms with E-state index in [0.29, 0.717) is 6.61 Å². The zero-order chi connectivity index (χ0) is 20.6. The monoisotopic (exact) mass is 397 g/mol. The Morgan fingerprint density at radius 3 is 2.31 bits per heavy atom. The first-order valence-electron chi connectivity index (χ1n) is 10.0. The zero-order valence-corrected chi connectivity index (χ0v) is 17.8. The quantitative estimate of drug-likeness (QED) is 0.573. The van der Waals surface area contributed by atoms with Crippen molar-refractivity contribution in [3.63, 3.8) is 0 Å². The average molecular weight is 398 g/mol. The summed E-state index contributed by atoms with van der Waals surface area (Å²) >= 11 is 0. The Morgan fingerprint density at radius 2 is 1.69 bits per heavy atom. The number of rotatable bonds is 7. The lowest BCUT2D eigenvalue weighted by Gasteiger charge is -2.32. The minimum atomic E-state index is 0.660. The Kier molecular flexibility index (Phi) is 7.36. The van der Waals surface area contributed by atoms with Gasteiger partial charge in [-0.25, -0.2) is 0 Å². The molecule has 1 aliphatic heterocycles. The van der Waals surface area contributed by atoms with Crippen LogP contribution in [0.1, 0.15) is 29.2 Å². The van der Waals surface area contributed by atoms with Crippen LogP contribution in [0.25, 0.3) is 0 Å². The summed E-state index contributed by atoms with van der Waals surface area (Å²) in [4.78, 5) is 6.77. The molecule has 3 rings (SSSR count). The van der Waals surface area contributed by atoms with Gasteiger partial charge in [-0.2, -0.15) is 0 Å². The van der Waals surface area contributed by atoms with E-state index in [4.69, 9.17) is 14.2 Å². The maximum absolute atomic E-state index is 5.47. The summed E-state index contributed by atoms with van der Waals surface area (Å²) in [6.45, 7) is 5.84. The lowest BCUT2D eigenvalue weighted by Crippen LogP contribution is -2.43. The fraction of sp³-hybridized carbons (Fsp3) is 0.435. The van der Waals surface area contributed by atoms with Gasteiger partial charge in [0.15, 0.2) is 17.5 Å². The van der Waals surface area contributed by atoms with Crippen LogP contribution in [0, 0.1) is 0 Å². The molecule has 0 atom stereocenters. The normalized spacial score (nSPS) is 13.8. The van der Waals surface area contributed by atoms with E-state index >= 15 is 0 Å². The number of nitrogens with one attached hydrogen (secondary N) is 1. The molecule has 0 aromatic heterocycles. The lowest BCUT2D eigenvalue weighted by molar-refractivity contribution is 0.134. The molecule has 0 spiro atoms. The van der Waals surface area contributed by atoms with E-state index in [9.17, 15) is 0 Å². The van der Waals surface area contributed by atoms with Crippen LogP contribution in [0.5, 0.6) is 11.5 Å². The van der Waals surface area contributed by atoms with E-state index in [0.717, 1.165) is 50.1 Å². The molecule has 6 nitrogen and oxygen atoms in total. The van der Waals surface area contributed by atoms with Gasteiger partial charge in [0.25, 0.3) is 0 Å². The third-order valence-electron chi connectivity index (χ3n) is 5.18. The van der Waals surface area contributed by atoms with Gasteiger partial charge >= 0.3 is 0 Å². The summed E-state index contributed by atoms with van der Waals surface area (Å²) in [5.41, 5.74) is 4.96. The first-order valence-corrected chi connectivity index (χ1v) is 10.0. The summed E-state index contributed by atoms with van der Waals surface area (Å²) < 4.78 is 16.4. The minimum absolute atomic E-state index is 0.660. The molecule has 1 N–H and O–H groups in total. The largest absolute Gasteiger partial charge is 0.493 e. The second-order valence-electron chi connectivity index (χ2n) is 7.00. The molecule has 1 aliphatic rings. The second-order valence-corrected chi connectivity index (χ2v) is 7.00. The summed E-state index contributed by atoms with van der Waals surface area (Å²) in [6, 6.07) is 12.7. The number of methoxy groups -OCH3 is 2. The van der Waals surface area contributed by atoms with Crippen molar-refractivity contribution in [3.05, 3.63) is 58.7 Å². The molecular formula is C23H31N3O3. The molecule has 2 aromatic rings. The summed E-state index contributed by atoms with van der Waals surface area (Å²) in [6.07, 6.45) is 0.947. The Hall–Kier alpha value is -2.73. The summed E-state index contributed by atoms with van der Waals surface area (Å²) in [5, 5.41) is 3.49. The van der Waals surface area contributed by atoms with Crippen LogP contribution < -0.4 is 14.8 Å². The van der Waals surface area contributed by atoms with Gasteiger partial charge < -0.3 is 24.4 Å². The molecule has 2 aromatic carbocycles. The van der Waals surface area contributed by atoms with Gasteiger partial charge in [0.1, 0.15) is 0 Å². The van der Waals surface area contributed by atoms with Crippen LogP contribution in [0.4, 0.5) is 0 Å². The molecule has 1 heterocycles. The topological polar surface area (TPSA) is 55.3 Å². The molecule has 156 valence electrons. The van der Waals surface area contributed by atoms with E-state index in [2.05, 4.69) is 51.6 Å². The zero-order valence-electron chi connectivity index (χ0n) is 17.8. The standard InChI is InChI=1S/C23H31N3O3/c1-5-29-16-18-8-6-17(7-9-18)14-25-23(24-2)26-11-10-19-12-21(27-3)22(28-4)13-20(19)15-26/h6-9,12-13H,5,10-11,14-16H2,1-4H3,(H,24,25). The van der Waals surface area contributed by atoms with Crippen LogP contribution in [-0.2, 0) is 30.9 Å². The van der Waals surface area contributed by atoms with Gasteiger partial charge in [-0.1, -0.05) is 24.3 Å². The Labute approximate surface area is 173 Å². The number of hydrogen-bond donors (Lipinski definition) is 1. The molecule has 6 heteroatoms. The Bertz CT molecular complexity index is 834. The van der Waals surface area contributed by atoms with Crippen molar-refractivity contribution in [1.29, 1.82) is 0 Å². The van der Waals surface area contributed by atoms with Crippen LogP contribution >= 0.6 is 0 Å². The molecule has 29 heavy (non-hydrogen) atoms. The highest BCUT2D eigenvalue weighted by molar-refractivity contribution is 5.80. The molecule has 0 unspecified atom stereocenters. The number of aliphatic imine (C=N–C) groups is 1. The van der Waals surface area contributed by atoms with Crippen molar-refractivity contribution in [1.82, 2.24) is 10.2 Å². The third-order valence-corrected chi connectivity index (χ3v) is 5.18. The highest BCUT2D eigenvalue weighted by atomic mass is 16.5. The van der Waals surface area contributed by atoms with Crippen LogP contribution in [0.15, 0.2) is 41.4 Å². The fourth-order valence-electron chi connectivity index (χ4n) is 3.55. The van der Waals surface area contributed by atoms with Crippen molar-refractivity contribution in [2.45, 2.75) is 33.0 Å². The molecule has 0 radical (unpaired) electrons. The molecule has 0 amide bonds. The first-order chi connectivity index (χ1) is 14.2. The van der Waals surface area contributed by atoms with Crippen molar-refractivity contribution in [2.24, 2.45) is 4.99 Å². The van der Waals surface area contributed by atoms with Crippen molar-refractivity contribution in [2.75, 3.05) is 34.4 Å². The van der Waals surface area contributed by atoms with Gasteiger partial charge in [-0.3, -0.25) is 4.99 Å². The van der Waals surface area contributed by atoms with Gasteiger partial charge in [0, 0.05) is 33.3 Å². The molecule has 0 saturated heterocycles. The number of benzene rings is 2. The molecule has 0 aliphatic carbocycles. The van der Waals surface area contributed by atoms with Crippen LogP contribution in [-0.4, -0.2) is 45.3 Å². The van der Waals surface area contributed by atoms with Crippen LogP contribution in [0.3, 0.4) is 0 Å². The predicted octanol–water partition coefficient (Wildman–Crippen LogP) is 3.37. The summed E-state index contributed by atoms with van der Waals surface area (Å²) in [7, 11) is 5.18. The fourth-order valence-corrected chi connectivity index (χ4v) is 3.55. The number of nitrogens with zero attached hydrogens (tertiary/aromatic N) is 2. The van der Waals surface area contributed by atoms with Crippen LogP contribution in [0.2, 0.25) is 0 Å². The minimum Gasteiger partial charge on any atom is -0.493 e. The Balaban J connectivity index is 1.63. The molecular weight excluding hydrogens is 366 g/mol. The van der Waals surface area contributed by atoms with E-state index in [1.54, 1.807) is 14.2 Å². The second kappa shape index (κ2) is 10.2. The Morgan fingerprint density at radius 1 is 1.03 bits per heavy atom.